The Balaban J connectivity index is 2.08. The molecule has 0 N–H and O–H groups in total. The Morgan fingerprint density at radius 1 is 1.18 bits per heavy atom. The maximum Gasteiger partial charge on any atom is 0.0397 e. The summed E-state index contributed by atoms with van der Waals surface area (Å²) in [4.78, 5) is 5.03. The Morgan fingerprint density at radius 3 is 2.41 bits per heavy atom. The topological polar surface area (TPSA) is 6.48 Å². The van der Waals surface area contributed by atoms with Crippen LogP contribution in [0.1, 0.15) is 18.1 Å². The van der Waals surface area contributed by atoms with Crippen molar-refractivity contribution in [3.63, 3.8) is 0 Å². The Hall–Kier alpha value is -0.540. The van der Waals surface area contributed by atoms with E-state index in [1.54, 1.807) is 0 Å². The van der Waals surface area contributed by atoms with E-state index in [-0.39, 0.29) is 0 Å². The first kappa shape index (κ1) is 12.9. The van der Waals surface area contributed by atoms with Crippen LogP contribution in [0.5, 0.6) is 0 Å². The molecule has 0 aliphatic carbocycles. The van der Waals surface area contributed by atoms with E-state index in [1.807, 2.05) is 0 Å². The van der Waals surface area contributed by atoms with Crippen molar-refractivity contribution in [2.75, 3.05) is 37.6 Å². The lowest BCUT2D eigenvalue weighted by atomic mass is 10.1. The van der Waals surface area contributed by atoms with Crippen molar-refractivity contribution < 1.29 is 0 Å². The number of hydrogen-bond donors (Lipinski definition) is 0. The van der Waals surface area contributed by atoms with Crippen molar-refractivity contribution in [2.45, 2.75) is 19.2 Å². The van der Waals surface area contributed by atoms with Crippen LogP contribution in [0.3, 0.4) is 0 Å². The van der Waals surface area contributed by atoms with E-state index in [9.17, 15) is 0 Å². The van der Waals surface area contributed by atoms with Crippen molar-refractivity contribution >= 4 is 21.6 Å². The third kappa shape index (κ3) is 3.02. The summed E-state index contributed by atoms with van der Waals surface area (Å²) in [6.45, 7) is 10.3. The van der Waals surface area contributed by atoms with Gasteiger partial charge in [0.05, 0.1) is 0 Å². The molecule has 0 spiro atoms. The normalized spacial score (nSPS) is 17.5. The molecule has 0 radical (unpaired) electrons. The van der Waals surface area contributed by atoms with Gasteiger partial charge in [0.15, 0.2) is 0 Å². The fourth-order valence-corrected chi connectivity index (χ4v) is 2.81. The molecule has 0 saturated carbocycles. The van der Waals surface area contributed by atoms with E-state index in [1.165, 1.54) is 36.4 Å². The van der Waals surface area contributed by atoms with Crippen LogP contribution >= 0.6 is 15.9 Å². The molecule has 1 aliphatic heterocycles. The lowest BCUT2D eigenvalue weighted by Gasteiger charge is -2.36. The Morgan fingerprint density at radius 2 is 1.88 bits per heavy atom. The van der Waals surface area contributed by atoms with E-state index in [4.69, 9.17) is 0 Å². The molecule has 1 aromatic rings. The smallest absolute Gasteiger partial charge is 0.0397 e. The molecule has 0 amide bonds. The highest BCUT2D eigenvalue weighted by molar-refractivity contribution is 9.08. The van der Waals surface area contributed by atoms with Crippen LogP contribution in [0.25, 0.3) is 0 Å². The molecule has 0 bridgehead atoms. The van der Waals surface area contributed by atoms with Crippen molar-refractivity contribution in [2.24, 2.45) is 0 Å². The zero-order chi connectivity index (χ0) is 12.3. The zero-order valence-electron chi connectivity index (χ0n) is 10.7. The SMILES string of the molecule is CCN1CCN(c2ccc(CBr)cc2C)CC1. The van der Waals surface area contributed by atoms with Crippen LogP contribution in [0.4, 0.5) is 5.69 Å². The summed E-state index contributed by atoms with van der Waals surface area (Å²) in [6.07, 6.45) is 0. The van der Waals surface area contributed by atoms with E-state index in [0.717, 1.165) is 18.4 Å². The molecule has 0 aromatic heterocycles. The van der Waals surface area contributed by atoms with Gasteiger partial charge in [-0.2, -0.15) is 0 Å². The van der Waals surface area contributed by atoms with Crippen molar-refractivity contribution in [1.29, 1.82) is 0 Å². The largest absolute Gasteiger partial charge is 0.369 e. The van der Waals surface area contributed by atoms with E-state index in [0.29, 0.717) is 0 Å². The van der Waals surface area contributed by atoms with Gasteiger partial charge in [0.25, 0.3) is 0 Å². The third-order valence-corrected chi connectivity index (χ3v) is 4.22. The number of alkyl halides is 1. The maximum absolute atomic E-state index is 3.51. The number of aryl methyl sites for hydroxylation is 1. The standard InChI is InChI=1S/C14H21BrN2/c1-3-16-6-8-17(9-7-16)14-5-4-13(11-15)10-12(14)2/h4-5,10H,3,6-9,11H2,1-2H3. The Bertz CT molecular complexity index is 370. The molecule has 1 aromatic carbocycles. The van der Waals surface area contributed by atoms with Crippen LogP contribution in [0, 0.1) is 6.92 Å². The summed E-state index contributed by atoms with van der Waals surface area (Å²) in [6, 6.07) is 6.78. The highest BCUT2D eigenvalue weighted by Gasteiger charge is 2.16. The average Bonchev–Trinajstić information content (AvgIpc) is 2.39. The van der Waals surface area contributed by atoms with Gasteiger partial charge in [-0.3, -0.25) is 0 Å². The predicted molar refractivity (Wildman–Crippen MR) is 78.1 cm³/mol. The summed E-state index contributed by atoms with van der Waals surface area (Å²) >= 11 is 3.51. The van der Waals surface area contributed by atoms with Gasteiger partial charge in [-0.1, -0.05) is 35.0 Å². The van der Waals surface area contributed by atoms with Crippen LogP contribution in [0.2, 0.25) is 0 Å². The van der Waals surface area contributed by atoms with Gasteiger partial charge in [-0.05, 0) is 30.7 Å². The van der Waals surface area contributed by atoms with Crippen molar-refractivity contribution in [3.05, 3.63) is 29.3 Å². The van der Waals surface area contributed by atoms with Gasteiger partial charge in [-0.15, -0.1) is 0 Å². The summed E-state index contributed by atoms with van der Waals surface area (Å²) in [5, 5.41) is 0.942. The summed E-state index contributed by atoms with van der Waals surface area (Å²) < 4.78 is 0. The van der Waals surface area contributed by atoms with Gasteiger partial charge >= 0.3 is 0 Å². The minimum Gasteiger partial charge on any atom is -0.369 e. The van der Waals surface area contributed by atoms with Gasteiger partial charge in [0, 0.05) is 37.2 Å². The quantitative estimate of drug-likeness (QED) is 0.791. The summed E-state index contributed by atoms with van der Waals surface area (Å²) in [5.41, 5.74) is 4.16. The number of anilines is 1. The Kier molecular flexibility index (Phi) is 4.46. The first-order chi connectivity index (χ1) is 8.24. The van der Waals surface area contributed by atoms with Crippen LogP contribution in [-0.4, -0.2) is 37.6 Å². The monoisotopic (exact) mass is 296 g/mol. The van der Waals surface area contributed by atoms with Gasteiger partial charge in [-0.25, -0.2) is 0 Å². The highest BCUT2D eigenvalue weighted by Crippen LogP contribution is 2.23. The number of halogens is 1. The van der Waals surface area contributed by atoms with Gasteiger partial charge in [0.2, 0.25) is 0 Å². The summed E-state index contributed by atoms with van der Waals surface area (Å²) in [5.74, 6) is 0. The minimum atomic E-state index is 0.942. The molecule has 3 heteroatoms. The highest BCUT2D eigenvalue weighted by atomic mass is 79.9. The zero-order valence-corrected chi connectivity index (χ0v) is 12.3. The molecule has 2 nitrogen and oxygen atoms in total. The maximum atomic E-state index is 3.51. The number of piperazine rings is 1. The molecule has 1 aliphatic rings. The molecular weight excluding hydrogens is 276 g/mol. The molecule has 1 fully saturated rings. The second kappa shape index (κ2) is 5.87. The molecule has 2 rings (SSSR count). The number of hydrogen-bond acceptors (Lipinski definition) is 2. The summed E-state index contributed by atoms with van der Waals surface area (Å²) in [7, 11) is 0. The molecule has 1 saturated heterocycles. The first-order valence-corrected chi connectivity index (χ1v) is 7.49. The second-order valence-electron chi connectivity index (χ2n) is 4.68. The average molecular weight is 297 g/mol. The molecule has 94 valence electrons. The van der Waals surface area contributed by atoms with Crippen molar-refractivity contribution in [1.82, 2.24) is 4.90 Å². The minimum absolute atomic E-state index is 0.942. The number of benzene rings is 1. The second-order valence-corrected chi connectivity index (χ2v) is 5.24. The number of likely N-dealkylation sites (N-methyl/N-ethyl adjacent to an activating group) is 1. The lowest BCUT2D eigenvalue weighted by molar-refractivity contribution is 0.271. The fraction of sp³-hybridized carbons (Fsp3) is 0.571. The van der Waals surface area contributed by atoms with Gasteiger partial charge < -0.3 is 9.80 Å². The molecule has 0 unspecified atom stereocenters. The number of rotatable bonds is 3. The van der Waals surface area contributed by atoms with E-state index < -0.39 is 0 Å². The van der Waals surface area contributed by atoms with E-state index in [2.05, 4.69) is 57.8 Å². The van der Waals surface area contributed by atoms with Crippen LogP contribution in [0.15, 0.2) is 18.2 Å². The van der Waals surface area contributed by atoms with E-state index >= 15 is 0 Å². The fourth-order valence-electron chi connectivity index (χ4n) is 2.46. The lowest BCUT2D eigenvalue weighted by Crippen LogP contribution is -2.46. The first-order valence-electron chi connectivity index (χ1n) is 6.37. The Labute approximate surface area is 113 Å². The molecule has 1 heterocycles. The van der Waals surface area contributed by atoms with Crippen LogP contribution < -0.4 is 4.90 Å². The number of nitrogens with zero attached hydrogens (tertiary/aromatic N) is 2. The molecule has 17 heavy (non-hydrogen) atoms. The van der Waals surface area contributed by atoms with Gasteiger partial charge in [0.1, 0.15) is 0 Å². The molecule has 0 atom stereocenters. The van der Waals surface area contributed by atoms with Crippen molar-refractivity contribution in [3.8, 4) is 0 Å². The molecular formula is C14H21BrN2. The van der Waals surface area contributed by atoms with Crippen LogP contribution in [-0.2, 0) is 5.33 Å². The third-order valence-electron chi connectivity index (χ3n) is 3.58. The predicted octanol–water partition coefficient (Wildman–Crippen LogP) is 3.03.